The standard InChI is InChI=1S/C30H60O3/c1-5-7-9-11-12-16-19-23-27-33-29(32)30(3,4)26-22-18-15-13-14-17-21-25-28(31)24-20-10-8-6-2/h28,31H,5-27H2,1-4H3. The van der Waals surface area contributed by atoms with Crippen molar-refractivity contribution in [1.29, 1.82) is 0 Å². The van der Waals surface area contributed by atoms with Crippen LogP contribution >= 0.6 is 0 Å². The van der Waals surface area contributed by atoms with E-state index in [1.54, 1.807) is 0 Å². The molecular formula is C30H60O3. The van der Waals surface area contributed by atoms with Gasteiger partial charge < -0.3 is 9.84 Å². The summed E-state index contributed by atoms with van der Waals surface area (Å²) >= 11 is 0. The zero-order valence-electron chi connectivity index (χ0n) is 23.1. The van der Waals surface area contributed by atoms with Crippen LogP contribution in [-0.4, -0.2) is 23.8 Å². The quantitative estimate of drug-likeness (QED) is 0.107. The molecule has 0 aromatic heterocycles. The Morgan fingerprint density at radius 3 is 1.55 bits per heavy atom. The SMILES string of the molecule is CCCCCCCCCCOC(=O)C(C)(C)CCCCCCCCCC(O)CCCCCC. The van der Waals surface area contributed by atoms with Crippen LogP contribution in [0.5, 0.6) is 0 Å². The Balaban J connectivity index is 3.53. The third kappa shape index (κ3) is 21.7. The number of hydrogen-bond acceptors (Lipinski definition) is 3. The Morgan fingerprint density at radius 2 is 1.03 bits per heavy atom. The summed E-state index contributed by atoms with van der Waals surface area (Å²) in [7, 11) is 0. The summed E-state index contributed by atoms with van der Waals surface area (Å²) in [6.45, 7) is 9.14. The molecule has 0 spiro atoms. The molecule has 3 heteroatoms. The highest BCUT2D eigenvalue weighted by molar-refractivity contribution is 5.75. The maximum Gasteiger partial charge on any atom is 0.311 e. The highest BCUT2D eigenvalue weighted by Gasteiger charge is 2.28. The van der Waals surface area contributed by atoms with Crippen molar-refractivity contribution >= 4 is 5.97 Å². The lowest BCUT2D eigenvalue weighted by Crippen LogP contribution is -2.27. The second-order valence-electron chi connectivity index (χ2n) is 11.0. The number of ether oxygens (including phenoxy) is 1. The average molecular weight is 469 g/mol. The minimum Gasteiger partial charge on any atom is -0.465 e. The molecule has 0 radical (unpaired) electrons. The highest BCUT2D eigenvalue weighted by atomic mass is 16.5. The molecule has 0 aromatic rings. The molecule has 0 aromatic carbocycles. The van der Waals surface area contributed by atoms with Gasteiger partial charge in [0, 0.05) is 0 Å². The van der Waals surface area contributed by atoms with Gasteiger partial charge in [0.1, 0.15) is 0 Å². The molecule has 0 aliphatic rings. The summed E-state index contributed by atoms with van der Waals surface area (Å²) in [6, 6.07) is 0. The van der Waals surface area contributed by atoms with E-state index in [1.165, 1.54) is 103 Å². The summed E-state index contributed by atoms with van der Waals surface area (Å²) in [5.74, 6) is -0.0151. The van der Waals surface area contributed by atoms with E-state index in [0.29, 0.717) is 6.61 Å². The van der Waals surface area contributed by atoms with Gasteiger partial charge in [0.2, 0.25) is 0 Å². The van der Waals surface area contributed by atoms with Crippen LogP contribution in [0.1, 0.15) is 169 Å². The molecule has 0 aliphatic heterocycles. The first-order valence-electron chi connectivity index (χ1n) is 14.8. The fourth-order valence-corrected chi connectivity index (χ4v) is 4.48. The summed E-state index contributed by atoms with van der Waals surface area (Å²) in [5, 5.41) is 10.0. The molecule has 33 heavy (non-hydrogen) atoms. The lowest BCUT2D eigenvalue weighted by Gasteiger charge is -2.22. The summed E-state index contributed by atoms with van der Waals surface area (Å²) in [4.78, 5) is 12.4. The molecule has 198 valence electrons. The second kappa shape index (κ2) is 23.2. The van der Waals surface area contributed by atoms with Crippen LogP contribution in [0.4, 0.5) is 0 Å². The number of rotatable bonds is 25. The molecule has 0 heterocycles. The van der Waals surface area contributed by atoms with Crippen molar-refractivity contribution in [1.82, 2.24) is 0 Å². The Labute approximate surface area is 207 Å². The van der Waals surface area contributed by atoms with Crippen LogP contribution in [0, 0.1) is 5.41 Å². The van der Waals surface area contributed by atoms with Crippen LogP contribution in [0.15, 0.2) is 0 Å². The van der Waals surface area contributed by atoms with Gasteiger partial charge in [0.05, 0.1) is 18.1 Å². The first kappa shape index (κ1) is 32.4. The number of unbranched alkanes of at least 4 members (excludes halogenated alkanes) is 16. The molecule has 0 aliphatic carbocycles. The number of carbonyl (C=O) groups excluding carboxylic acids is 1. The van der Waals surface area contributed by atoms with Crippen molar-refractivity contribution in [3.05, 3.63) is 0 Å². The summed E-state index contributed by atoms with van der Waals surface area (Å²) < 4.78 is 5.57. The van der Waals surface area contributed by atoms with Crippen molar-refractivity contribution in [2.75, 3.05) is 6.61 Å². The Kier molecular flexibility index (Phi) is 22.8. The van der Waals surface area contributed by atoms with E-state index in [0.717, 1.165) is 38.5 Å². The Hall–Kier alpha value is -0.570. The van der Waals surface area contributed by atoms with E-state index < -0.39 is 0 Å². The lowest BCUT2D eigenvalue weighted by molar-refractivity contribution is -0.154. The zero-order chi connectivity index (χ0) is 24.6. The normalized spacial score (nSPS) is 12.8. The van der Waals surface area contributed by atoms with Gasteiger partial charge >= 0.3 is 5.97 Å². The molecule has 1 unspecified atom stereocenters. The molecule has 1 atom stereocenters. The van der Waals surface area contributed by atoms with Gasteiger partial charge in [0.15, 0.2) is 0 Å². The first-order valence-corrected chi connectivity index (χ1v) is 14.8. The van der Waals surface area contributed by atoms with Gasteiger partial charge in [-0.05, 0) is 39.5 Å². The fourth-order valence-electron chi connectivity index (χ4n) is 4.48. The van der Waals surface area contributed by atoms with Crippen LogP contribution < -0.4 is 0 Å². The zero-order valence-corrected chi connectivity index (χ0v) is 23.1. The Bertz CT molecular complexity index is 419. The van der Waals surface area contributed by atoms with Gasteiger partial charge in [0.25, 0.3) is 0 Å². The predicted octanol–water partition coefficient (Wildman–Crippen LogP) is 9.54. The number of hydrogen-bond donors (Lipinski definition) is 1. The topological polar surface area (TPSA) is 46.5 Å². The fraction of sp³-hybridized carbons (Fsp3) is 0.967. The van der Waals surface area contributed by atoms with E-state index in [-0.39, 0.29) is 17.5 Å². The molecule has 0 amide bonds. The van der Waals surface area contributed by atoms with Crippen LogP contribution in [0.25, 0.3) is 0 Å². The minimum atomic E-state index is -0.354. The van der Waals surface area contributed by atoms with Crippen molar-refractivity contribution < 1.29 is 14.6 Å². The van der Waals surface area contributed by atoms with Crippen molar-refractivity contribution in [2.45, 2.75) is 175 Å². The van der Waals surface area contributed by atoms with Gasteiger partial charge in [-0.1, -0.05) is 129 Å². The number of aliphatic hydroxyl groups is 1. The number of esters is 1. The first-order chi connectivity index (χ1) is 15.9. The Morgan fingerprint density at radius 1 is 0.636 bits per heavy atom. The predicted molar refractivity (Wildman–Crippen MR) is 144 cm³/mol. The lowest BCUT2D eigenvalue weighted by atomic mass is 9.87. The largest absolute Gasteiger partial charge is 0.465 e. The molecule has 0 saturated heterocycles. The summed E-state index contributed by atoms with van der Waals surface area (Å²) in [6.07, 6.45) is 26.5. The smallest absolute Gasteiger partial charge is 0.311 e. The van der Waals surface area contributed by atoms with E-state index in [4.69, 9.17) is 4.74 Å². The van der Waals surface area contributed by atoms with E-state index in [2.05, 4.69) is 13.8 Å². The molecule has 0 bridgehead atoms. The van der Waals surface area contributed by atoms with Gasteiger partial charge in [-0.25, -0.2) is 0 Å². The minimum absolute atomic E-state index is 0.0151. The molecule has 3 nitrogen and oxygen atoms in total. The third-order valence-electron chi connectivity index (χ3n) is 7.01. The van der Waals surface area contributed by atoms with Crippen molar-refractivity contribution in [3.63, 3.8) is 0 Å². The van der Waals surface area contributed by atoms with E-state index in [1.807, 2.05) is 13.8 Å². The monoisotopic (exact) mass is 468 g/mol. The molecule has 0 saturated carbocycles. The van der Waals surface area contributed by atoms with E-state index >= 15 is 0 Å². The number of aliphatic hydroxyl groups excluding tert-OH is 1. The van der Waals surface area contributed by atoms with Crippen LogP contribution in [0.3, 0.4) is 0 Å². The summed E-state index contributed by atoms with van der Waals surface area (Å²) in [5.41, 5.74) is -0.354. The van der Waals surface area contributed by atoms with Crippen molar-refractivity contribution in [2.24, 2.45) is 5.41 Å². The van der Waals surface area contributed by atoms with Gasteiger partial charge in [-0.2, -0.15) is 0 Å². The van der Waals surface area contributed by atoms with E-state index in [9.17, 15) is 9.90 Å². The second-order valence-corrected chi connectivity index (χ2v) is 11.0. The highest BCUT2D eigenvalue weighted by Crippen LogP contribution is 2.26. The van der Waals surface area contributed by atoms with Gasteiger partial charge in [-0.3, -0.25) is 4.79 Å². The third-order valence-corrected chi connectivity index (χ3v) is 7.01. The maximum atomic E-state index is 12.4. The average Bonchev–Trinajstić information content (AvgIpc) is 2.79. The molecule has 0 fully saturated rings. The molecular weight excluding hydrogens is 408 g/mol. The van der Waals surface area contributed by atoms with Crippen LogP contribution in [-0.2, 0) is 9.53 Å². The van der Waals surface area contributed by atoms with Crippen molar-refractivity contribution in [3.8, 4) is 0 Å². The van der Waals surface area contributed by atoms with Gasteiger partial charge in [-0.15, -0.1) is 0 Å². The maximum absolute atomic E-state index is 12.4. The molecule has 0 rings (SSSR count). The van der Waals surface area contributed by atoms with Crippen LogP contribution in [0.2, 0.25) is 0 Å². The number of carbonyl (C=O) groups is 1. The molecule has 1 N–H and O–H groups in total.